The predicted octanol–water partition coefficient (Wildman–Crippen LogP) is 8.28. The number of ether oxygens (including phenoxy) is 4. The van der Waals surface area contributed by atoms with E-state index >= 15 is 0 Å². The molecule has 1 saturated heterocycles. The second-order valence-corrected chi connectivity index (χ2v) is 16.9. The molecule has 0 aliphatic carbocycles. The molecule has 4 N–H and O–H groups in total. The van der Waals surface area contributed by atoms with Crippen LogP contribution in [0.1, 0.15) is 187 Å². The van der Waals surface area contributed by atoms with Crippen LogP contribution in [-0.4, -0.2) is 96.0 Å². The smallest absolute Gasteiger partial charge is 0.306 e. The van der Waals surface area contributed by atoms with Gasteiger partial charge in [0.25, 0.3) is 10.1 Å². The zero-order valence-corrected chi connectivity index (χ0v) is 35.1. The molecule has 0 saturated carbocycles. The van der Waals surface area contributed by atoms with Gasteiger partial charge in [0.05, 0.1) is 6.61 Å². The summed E-state index contributed by atoms with van der Waals surface area (Å²) in [5.74, 6) is -1.99. The van der Waals surface area contributed by atoms with Crippen molar-refractivity contribution < 1.29 is 56.8 Å². The van der Waals surface area contributed by atoms with Crippen molar-refractivity contribution in [1.82, 2.24) is 0 Å². The molecule has 13 heteroatoms. The Kier molecular flexibility index (Phi) is 31.2. The first-order chi connectivity index (χ1) is 26.5. The second kappa shape index (κ2) is 33.4. The third-order valence-electron chi connectivity index (χ3n) is 10.1. The van der Waals surface area contributed by atoms with E-state index < -0.39 is 71.2 Å². The van der Waals surface area contributed by atoms with Crippen molar-refractivity contribution in [1.29, 1.82) is 0 Å². The molecule has 1 fully saturated rings. The molecule has 0 amide bonds. The number of allylic oxidation sites excluding steroid dienone is 2. The molecule has 0 bridgehead atoms. The van der Waals surface area contributed by atoms with Gasteiger partial charge in [0, 0.05) is 12.8 Å². The van der Waals surface area contributed by atoms with Crippen LogP contribution in [0.5, 0.6) is 0 Å². The first-order valence-electron chi connectivity index (χ1n) is 21.7. The van der Waals surface area contributed by atoms with Gasteiger partial charge in [0.15, 0.2) is 12.4 Å². The van der Waals surface area contributed by atoms with Crippen LogP contribution in [0.2, 0.25) is 0 Å². The Labute approximate surface area is 333 Å². The first-order valence-corrected chi connectivity index (χ1v) is 23.4. The largest absolute Gasteiger partial charge is 0.462 e. The Bertz CT molecular complexity index is 1080. The standard InChI is InChI=1S/C42H78O12S/c1-3-5-7-9-11-13-15-17-19-20-22-24-26-28-30-37(43)51-32-35(33-52-42-41(47)40(46)39(45)36(54-42)34-55(48,49)50)53-38(44)31-29-27-25-23-21-18-16-14-12-10-8-6-4-2/h18,21,35-36,39-42,45-47H,3-17,19-20,22-34H2,1-2H3,(H,48,49,50)/b21-18+/t35-,36-,39-,40?,41?,42+/m1/s1. The van der Waals surface area contributed by atoms with Crippen molar-refractivity contribution in [3.05, 3.63) is 12.2 Å². The topological polar surface area (TPSA) is 186 Å². The monoisotopic (exact) mass is 807 g/mol. The van der Waals surface area contributed by atoms with Gasteiger partial charge in [-0.05, 0) is 38.5 Å². The summed E-state index contributed by atoms with van der Waals surface area (Å²) in [4.78, 5) is 25.3. The number of rotatable bonds is 36. The fourth-order valence-corrected chi connectivity index (χ4v) is 7.36. The molecule has 1 aliphatic heterocycles. The summed E-state index contributed by atoms with van der Waals surface area (Å²) in [6.45, 7) is 3.74. The Balaban J connectivity index is 2.47. The highest BCUT2D eigenvalue weighted by Gasteiger charge is 2.46. The third-order valence-corrected chi connectivity index (χ3v) is 10.8. The van der Waals surface area contributed by atoms with Crippen molar-refractivity contribution in [2.24, 2.45) is 0 Å². The van der Waals surface area contributed by atoms with Gasteiger partial charge in [-0.15, -0.1) is 0 Å². The normalized spacial score (nSPS) is 20.9. The molecule has 0 aromatic heterocycles. The molecular formula is C42H78O12S. The summed E-state index contributed by atoms with van der Waals surface area (Å²) >= 11 is 0. The molecule has 12 nitrogen and oxygen atoms in total. The fourth-order valence-electron chi connectivity index (χ4n) is 6.67. The van der Waals surface area contributed by atoms with E-state index in [1.165, 1.54) is 103 Å². The van der Waals surface area contributed by atoms with Crippen LogP contribution in [0.25, 0.3) is 0 Å². The summed E-state index contributed by atoms with van der Waals surface area (Å²) in [7, 11) is -4.60. The highest BCUT2D eigenvalue weighted by Crippen LogP contribution is 2.24. The molecule has 0 aromatic carbocycles. The highest BCUT2D eigenvalue weighted by atomic mass is 32.2. The van der Waals surface area contributed by atoms with E-state index in [0.717, 1.165) is 44.9 Å². The molecule has 0 aromatic rings. The van der Waals surface area contributed by atoms with Gasteiger partial charge in [-0.1, -0.05) is 148 Å². The van der Waals surface area contributed by atoms with Crippen molar-refractivity contribution in [3.8, 4) is 0 Å². The molecule has 2 unspecified atom stereocenters. The van der Waals surface area contributed by atoms with Crippen LogP contribution in [0.15, 0.2) is 12.2 Å². The number of aliphatic hydroxyl groups is 3. The van der Waals surface area contributed by atoms with Gasteiger partial charge >= 0.3 is 11.9 Å². The van der Waals surface area contributed by atoms with Crippen molar-refractivity contribution in [2.45, 2.75) is 224 Å². The van der Waals surface area contributed by atoms with E-state index in [2.05, 4.69) is 26.0 Å². The second-order valence-electron chi connectivity index (χ2n) is 15.4. The van der Waals surface area contributed by atoms with E-state index in [1.54, 1.807) is 0 Å². The number of aliphatic hydroxyl groups excluding tert-OH is 3. The SMILES string of the molecule is CCCCCCCC/C=C/CCCCCC(=O)O[C@H](COC(=O)CCCCCCCCCCCCCCCC)CO[C@H]1O[C@H](CS(=O)(=O)O)[C@@H](O)C(O)C1O. The molecule has 55 heavy (non-hydrogen) atoms. The maximum atomic E-state index is 12.8. The molecule has 0 spiro atoms. The number of hydrogen-bond donors (Lipinski definition) is 4. The number of esters is 2. The summed E-state index contributed by atoms with van der Waals surface area (Å²) in [6.07, 6.45) is 24.0. The van der Waals surface area contributed by atoms with E-state index in [9.17, 15) is 37.9 Å². The zero-order valence-electron chi connectivity index (χ0n) is 34.3. The number of hydrogen-bond acceptors (Lipinski definition) is 11. The van der Waals surface area contributed by atoms with Crippen LogP contribution < -0.4 is 0 Å². The molecule has 6 atom stereocenters. The minimum absolute atomic E-state index is 0.148. The quantitative estimate of drug-likeness (QED) is 0.0206. The van der Waals surface area contributed by atoms with Gasteiger partial charge in [-0.3, -0.25) is 14.1 Å². The molecular weight excluding hydrogens is 729 g/mol. The number of unbranched alkanes of at least 4 members (excludes halogenated alkanes) is 22. The van der Waals surface area contributed by atoms with Gasteiger partial charge in [-0.25, -0.2) is 0 Å². The van der Waals surface area contributed by atoms with Crippen molar-refractivity contribution in [2.75, 3.05) is 19.0 Å². The lowest BCUT2D eigenvalue weighted by Gasteiger charge is -2.40. The van der Waals surface area contributed by atoms with Crippen LogP contribution in [0.3, 0.4) is 0 Å². The van der Waals surface area contributed by atoms with E-state index in [-0.39, 0.29) is 19.4 Å². The highest BCUT2D eigenvalue weighted by molar-refractivity contribution is 7.85. The van der Waals surface area contributed by atoms with Gasteiger partial charge in [0.2, 0.25) is 0 Å². The maximum Gasteiger partial charge on any atom is 0.306 e. The lowest BCUT2D eigenvalue weighted by Crippen LogP contribution is -2.60. The first kappa shape index (κ1) is 51.4. The van der Waals surface area contributed by atoms with Gasteiger partial charge in [-0.2, -0.15) is 8.42 Å². The summed E-state index contributed by atoms with van der Waals surface area (Å²) < 4.78 is 53.9. The fraction of sp³-hybridized carbons (Fsp3) is 0.905. The molecule has 0 radical (unpaired) electrons. The Morgan fingerprint density at radius 3 is 1.53 bits per heavy atom. The van der Waals surface area contributed by atoms with Gasteiger partial charge in [0.1, 0.15) is 36.8 Å². The maximum absolute atomic E-state index is 12.8. The summed E-state index contributed by atoms with van der Waals surface area (Å²) in [5, 5.41) is 30.8. The molecule has 324 valence electrons. The van der Waals surface area contributed by atoms with Crippen molar-refractivity contribution >= 4 is 22.1 Å². The third kappa shape index (κ3) is 28.4. The summed E-state index contributed by atoms with van der Waals surface area (Å²) in [6, 6.07) is 0. The average Bonchev–Trinajstić information content (AvgIpc) is 3.14. The van der Waals surface area contributed by atoms with Crippen LogP contribution >= 0.6 is 0 Å². The molecule has 1 rings (SSSR count). The minimum Gasteiger partial charge on any atom is -0.462 e. The lowest BCUT2D eigenvalue weighted by atomic mass is 10.00. The van der Waals surface area contributed by atoms with Crippen LogP contribution in [0, 0.1) is 0 Å². The Morgan fingerprint density at radius 2 is 1.04 bits per heavy atom. The molecule has 1 heterocycles. The van der Waals surface area contributed by atoms with E-state index in [1.807, 2.05) is 0 Å². The van der Waals surface area contributed by atoms with Gasteiger partial charge < -0.3 is 34.3 Å². The summed E-state index contributed by atoms with van der Waals surface area (Å²) in [5.41, 5.74) is 0. The van der Waals surface area contributed by atoms with Crippen LogP contribution in [0.4, 0.5) is 0 Å². The number of carbonyl (C=O) groups excluding carboxylic acids is 2. The van der Waals surface area contributed by atoms with Crippen molar-refractivity contribution in [3.63, 3.8) is 0 Å². The number of carbonyl (C=O) groups is 2. The Morgan fingerprint density at radius 1 is 0.600 bits per heavy atom. The minimum atomic E-state index is -4.60. The van der Waals surface area contributed by atoms with Crippen LogP contribution in [-0.2, 0) is 38.7 Å². The Hall–Kier alpha value is -1.61. The predicted molar refractivity (Wildman–Crippen MR) is 215 cm³/mol. The van der Waals surface area contributed by atoms with E-state index in [4.69, 9.17) is 18.9 Å². The average molecular weight is 807 g/mol. The lowest BCUT2D eigenvalue weighted by molar-refractivity contribution is -0.297. The zero-order chi connectivity index (χ0) is 40.6. The molecule has 1 aliphatic rings. The van der Waals surface area contributed by atoms with E-state index in [0.29, 0.717) is 12.8 Å².